The third-order valence-electron chi connectivity index (χ3n) is 4.77. The molecule has 0 N–H and O–H groups in total. The smallest absolute Gasteiger partial charge is 0.269 e. The van der Waals surface area contributed by atoms with E-state index >= 15 is 0 Å². The van der Waals surface area contributed by atoms with Gasteiger partial charge < -0.3 is 4.74 Å². The largest absolute Gasteiger partial charge is 0.365 e. The minimum atomic E-state index is -0.362. The number of hydrogen-bond acceptors (Lipinski definition) is 4. The van der Waals surface area contributed by atoms with Crippen LogP contribution in [0.2, 0.25) is 0 Å². The van der Waals surface area contributed by atoms with E-state index in [1.54, 1.807) is 12.1 Å². The number of ether oxygens (including phenoxy) is 1. The fraction of sp³-hybridized carbons (Fsp3) is 0.412. The van der Waals surface area contributed by atoms with E-state index in [0.29, 0.717) is 12.0 Å². The molecule has 3 atom stereocenters. The van der Waals surface area contributed by atoms with Crippen LogP contribution in [-0.4, -0.2) is 11.0 Å². The summed E-state index contributed by atoms with van der Waals surface area (Å²) >= 11 is 1.83. The molecular formula is C17H17NO3S. The number of rotatable bonds is 2. The minimum absolute atomic E-state index is 0.0820. The Morgan fingerprint density at radius 3 is 2.68 bits per heavy atom. The highest BCUT2D eigenvalue weighted by Gasteiger charge is 2.38. The Balaban J connectivity index is 1.71. The topological polar surface area (TPSA) is 52.4 Å². The van der Waals surface area contributed by atoms with Gasteiger partial charge in [-0.1, -0.05) is 12.8 Å². The van der Waals surface area contributed by atoms with Gasteiger partial charge >= 0.3 is 0 Å². The summed E-state index contributed by atoms with van der Waals surface area (Å²) in [5.41, 5.74) is 2.39. The number of nitrogens with zero attached hydrogens (tertiary/aromatic N) is 1. The minimum Gasteiger partial charge on any atom is -0.365 e. The number of fused-ring (bicyclic) bond motifs is 3. The van der Waals surface area contributed by atoms with Crippen molar-refractivity contribution in [2.45, 2.75) is 43.8 Å². The third kappa shape index (κ3) is 2.25. The van der Waals surface area contributed by atoms with Crippen molar-refractivity contribution in [3.8, 4) is 0 Å². The fourth-order valence-corrected chi connectivity index (χ4v) is 4.80. The van der Waals surface area contributed by atoms with E-state index < -0.39 is 0 Å². The van der Waals surface area contributed by atoms with Gasteiger partial charge in [0, 0.05) is 22.9 Å². The van der Waals surface area contributed by atoms with E-state index in [-0.39, 0.29) is 16.7 Å². The number of thiophene rings is 1. The summed E-state index contributed by atoms with van der Waals surface area (Å²) < 4.78 is 6.40. The summed E-state index contributed by atoms with van der Waals surface area (Å²) in [6.45, 7) is 0. The van der Waals surface area contributed by atoms with Gasteiger partial charge in [-0.25, -0.2) is 0 Å². The molecule has 1 aromatic heterocycles. The predicted octanol–water partition coefficient (Wildman–Crippen LogP) is 4.80. The standard InChI is InChI=1S/C17H17NO3S/c19-18(20)12-7-5-11(6-8-12)16-14-9-10-22-17(14)13-3-1-2-4-15(13)21-16/h5-10,13,15-16H,1-4H2/t13-,15+,16+/m0/s1. The van der Waals surface area contributed by atoms with Gasteiger partial charge in [0.1, 0.15) is 6.10 Å². The van der Waals surface area contributed by atoms with Gasteiger partial charge in [-0.2, -0.15) is 0 Å². The zero-order valence-corrected chi connectivity index (χ0v) is 12.9. The Kier molecular flexibility index (Phi) is 3.47. The Bertz CT molecular complexity index is 694. The average Bonchev–Trinajstić information content (AvgIpc) is 3.04. The molecule has 0 bridgehead atoms. The molecular weight excluding hydrogens is 298 g/mol. The second kappa shape index (κ2) is 5.48. The first-order valence-corrected chi connectivity index (χ1v) is 8.59. The highest BCUT2D eigenvalue weighted by Crippen LogP contribution is 2.48. The molecule has 0 saturated heterocycles. The van der Waals surface area contributed by atoms with Crippen LogP contribution in [0.5, 0.6) is 0 Å². The van der Waals surface area contributed by atoms with E-state index in [4.69, 9.17) is 4.74 Å². The molecule has 2 aromatic rings. The summed E-state index contributed by atoms with van der Waals surface area (Å²) in [6, 6.07) is 8.94. The zero-order chi connectivity index (χ0) is 15.1. The molecule has 1 fully saturated rings. The normalized spacial score (nSPS) is 27.0. The van der Waals surface area contributed by atoms with Crippen LogP contribution in [0, 0.1) is 10.1 Å². The highest BCUT2D eigenvalue weighted by atomic mass is 32.1. The Labute approximate surface area is 132 Å². The maximum atomic E-state index is 10.8. The Morgan fingerprint density at radius 1 is 1.14 bits per heavy atom. The molecule has 1 saturated carbocycles. The second-order valence-electron chi connectivity index (χ2n) is 6.03. The Hall–Kier alpha value is -1.72. The van der Waals surface area contributed by atoms with Gasteiger partial charge in [0.2, 0.25) is 0 Å². The molecule has 0 radical (unpaired) electrons. The first-order chi connectivity index (χ1) is 10.7. The number of nitro benzene ring substituents is 1. The van der Waals surface area contributed by atoms with E-state index in [9.17, 15) is 10.1 Å². The van der Waals surface area contributed by atoms with Crippen molar-refractivity contribution in [3.63, 3.8) is 0 Å². The van der Waals surface area contributed by atoms with E-state index in [1.165, 1.54) is 29.7 Å². The van der Waals surface area contributed by atoms with E-state index in [0.717, 1.165) is 12.0 Å². The van der Waals surface area contributed by atoms with Crippen molar-refractivity contribution in [1.29, 1.82) is 0 Å². The molecule has 1 aromatic carbocycles. The maximum absolute atomic E-state index is 10.8. The molecule has 4 rings (SSSR count). The number of benzene rings is 1. The van der Waals surface area contributed by atoms with Crippen LogP contribution in [0.1, 0.15) is 53.7 Å². The van der Waals surface area contributed by atoms with Crippen molar-refractivity contribution in [1.82, 2.24) is 0 Å². The van der Waals surface area contributed by atoms with Crippen LogP contribution in [0.4, 0.5) is 5.69 Å². The van der Waals surface area contributed by atoms with E-state index in [1.807, 2.05) is 23.5 Å². The molecule has 114 valence electrons. The average molecular weight is 315 g/mol. The lowest BCUT2D eigenvalue weighted by molar-refractivity contribution is -0.384. The first kappa shape index (κ1) is 13.9. The monoisotopic (exact) mass is 315 g/mol. The molecule has 22 heavy (non-hydrogen) atoms. The van der Waals surface area contributed by atoms with Crippen LogP contribution < -0.4 is 0 Å². The molecule has 1 aliphatic heterocycles. The SMILES string of the molecule is O=[N+]([O-])c1ccc([C@H]2O[C@@H]3CCCC[C@@H]3c3sccc32)cc1. The summed E-state index contributed by atoms with van der Waals surface area (Å²) in [5, 5.41) is 13.0. The molecule has 2 heterocycles. The third-order valence-corrected chi connectivity index (χ3v) is 5.83. The molecule has 4 nitrogen and oxygen atoms in total. The van der Waals surface area contributed by atoms with Crippen LogP contribution in [-0.2, 0) is 4.74 Å². The van der Waals surface area contributed by atoms with Crippen LogP contribution in [0.3, 0.4) is 0 Å². The number of nitro groups is 1. The quantitative estimate of drug-likeness (QED) is 0.590. The lowest BCUT2D eigenvalue weighted by atomic mass is 9.80. The molecule has 0 spiro atoms. The zero-order valence-electron chi connectivity index (χ0n) is 12.1. The molecule has 0 amide bonds. The summed E-state index contributed by atoms with van der Waals surface area (Å²) in [6.07, 6.45) is 5.05. The first-order valence-electron chi connectivity index (χ1n) is 7.71. The Morgan fingerprint density at radius 2 is 1.91 bits per heavy atom. The summed E-state index contributed by atoms with van der Waals surface area (Å²) in [5.74, 6) is 0.540. The lowest BCUT2D eigenvalue weighted by Crippen LogP contribution is -2.32. The van der Waals surface area contributed by atoms with Crippen molar-refractivity contribution in [2.24, 2.45) is 0 Å². The van der Waals surface area contributed by atoms with Crippen molar-refractivity contribution < 1.29 is 9.66 Å². The van der Waals surface area contributed by atoms with E-state index in [2.05, 4.69) is 11.4 Å². The van der Waals surface area contributed by atoms with Crippen LogP contribution >= 0.6 is 11.3 Å². The van der Waals surface area contributed by atoms with Crippen molar-refractivity contribution >= 4 is 17.0 Å². The summed E-state index contributed by atoms with van der Waals surface area (Å²) in [7, 11) is 0. The van der Waals surface area contributed by atoms with Gasteiger partial charge in [0.25, 0.3) is 5.69 Å². The van der Waals surface area contributed by atoms with Gasteiger partial charge in [-0.05, 0) is 47.5 Å². The van der Waals surface area contributed by atoms with Gasteiger partial charge in [0.15, 0.2) is 0 Å². The predicted molar refractivity (Wildman–Crippen MR) is 85.3 cm³/mol. The van der Waals surface area contributed by atoms with Crippen LogP contribution in [0.15, 0.2) is 35.7 Å². The molecule has 5 heteroatoms. The second-order valence-corrected chi connectivity index (χ2v) is 6.98. The molecule has 0 unspecified atom stereocenters. The van der Waals surface area contributed by atoms with Crippen LogP contribution in [0.25, 0.3) is 0 Å². The van der Waals surface area contributed by atoms with Crippen molar-refractivity contribution in [3.05, 3.63) is 61.8 Å². The van der Waals surface area contributed by atoms with Gasteiger partial charge in [-0.3, -0.25) is 10.1 Å². The fourth-order valence-electron chi connectivity index (χ4n) is 3.69. The van der Waals surface area contributed by atoms with Crippen molar-refractivity contribution in [2.75, 3.05) is 0 Å². The molecule has 2 aliphatic rings. The maximum Gasteiger partial charge on any atom is 0.269 e. The lowest BCUT2D eigenvalue weighted by Gasteiger charge is -2.39. The van der Waals surface area contributed by atoms with Gasteiger partial charge in [0.05, 0.1) is 11.0 Å². The summed E-state index contributed by atoms with van der Waals surface area (Å²) in [4.78, 5) is 11.9. The van der Waals surface area contributed by atoms with Gasteiger partial charge in [-0.15, -0.1) is 11.3 Å². The number of hydrogen-bond donors (Lipinski definition) is 0. The molecule has 1 aliphatic carbocycles. The highest BCUT2D eigenvalue weighted by molar-refractivity contribution is 7.10. The number of non-ortho nitro benzene ring substituents is 1.